The molecule has 1 aliphatic rings. The summed E-state index contributed by atoms with van der Waals surface area (Å²) < 4.78 is 7.69. The van der Waals surface area contributed by atoms with E-state index in [1.165, 1.54) is 17.7 Å². The van der Waals surface area contributed by atoms with Gasteiger partial charge in [-0.2, -0.15) is 5.10 Å². The highest BCUT2D eigenvalue weighted by atomic mass is 16.4. The van der Waals surface area contributed by atoms with Gasteiger partial charge in [0, 0.05) is 24.2 Å². The maximum Gasteiger partial charge on any atom is 0.233 e. The normalized spacial score (nSPS) is 20.0. The molecule has 0 saturated carbocycles. The molecule has 2 heterocycles. The minimum atomic E-state index is 0.0185. The Kier molecular flexibility index (Phi) is 3.80. The maximum absolute atomic E-state index is 5.53. The number of nitrogens with zero attached hydrogens (tertiary/aromatic N) is 4. The average molecular weight is 303 g/mol. The molecular weight excluding hydrogens is 278 g/mol. The molecule has 22 heavy (non-hydrogen) atoms. The number of fused-ring (bicyclic) bond motifs is 1. The second-order valence-corrected chi connectivity index (χ2v) is 7.12. The molecule has 2 aromatic heterocycles. The SMILES string of the molecule is Cc1nnc([C@@H](C)N[C@@H]2CCCc3c2cnn3C(C)(C)C)o1. The van der Waals surface area contributed by atoms with Gasteiger partial charge in [-0.05, 0) is 47.0 Å². The molecule has 0 radical (unpaired) electrons. The zero-order chi connectivity index (χ0) is 15.9. The van der Waals surface area contributed by atoms with Gasteiger partial charge in [0.25, 0.3) is 0 Å². The van der Waals surface area contributed by atoms with Gasteiger partial charge in [-0.25, -0.2) is 0 Å². The second-order valence-electron chi connectivity index (χ2n) is 7.12. The first-order valence-corrected chi connectivity index (χ1v) is 7.99. The first-order valence-electron chi connectivity index (χ1n) is 7.99. The molecule has 0 saturated heterocycles. The van der Waals surface area contributed by atoms with Crippen molar-refractivity contribution in [3.8, 4) is 0 Å². The third-order valence-corrected chi connectivity index (χ3v) is 4.18. The number of hydrogen-bond acceptors (Lipinski definition) is 5. The fourth-order valence-corrected chi connectivity index (χ4v) is 3.17. The molecule has 0 bridgehead atoms. The number of aromatic nitrogens is 4. The van der Waals surface area contributed by atoms with Crippen LogP contribution in [0.15, 0.2) is 10.6 Å². The van der Waals surface area contributed by atoms with Gasteiger partial charge in [0.05, 0.1) is 17.8 Å². The lowest BCUT2D eigenvalue weighted by atomic mass is 9.91. The smallest absolute Gasteiger partial charge is 0.233 e. The highest BCUT2D eigenvalue weighted by molar-refractivity contribution is 5.26. The summed E-state index contributed by atoms with van der Waals surface area (Å²) in [6.07, 6.45) is 5.39. The first kappa shape index (κ1) is 15.2. The van der Waals surface area contributed by atoms with E-state index in [4.69, 9.17) is 4.42 Å². The highest BCUT2D eigenvalue weighted by Gasteiger charge is 2.29. The molecule has 0 aromatic carbocycles. The van der Waals surface area contributed by atoms with Crippen LogP contribution >= 0.6 is 0 Å². The quantitative estimate of drug-likeness (QED) is 0.943. The number of aryl methyl sites for hydroxylation is 1. The summed E-state index contributed by atoms with van der Waals surface area (Å²) in [6.45, 7) is 10.5. The Morgan fingerprint density at radius 1 is 1.36 bits per heavy atom. The average Bonchev–Trinajstić information content (AvgIpc) is 3.04. The standard InChI is InChI=1S/C16H25N5O/c1-10(15-20-19-11(2)22-15)18-13-7-6-8-14-12(13)9-17-21(14)16(3,4)5/h9-10,13,18H,6-8H2,1-5H3/t10-,13-/m1/s1. The summed E-state index contributed by atoms with van der Waals surface area (Å²) in [5.74, 6) is 1.25. The summed E-state index contributed by atoms with van der Waals surface area (Å²) in [7, 11) is 0. The Morgan fingerprint density at radius 2 is 2.14 bits per heavy atom. The van der Waals surface area contributed by atoms with Crippen LogP contribution in [0.5, 0.6) is 0 Å². The zero-order valence-electron chi connectivity index (χ0n) is 14.1. The molecule has 120 valence electrons. The van der Waals surface area contributed by atoms with E-state index in [9.17, 15) is 0 Å². The van der Waals surface area contributed by atoms with Crippen molar-refractivity contribution in [2.75, 3.05) is 0 Å². The Morgan fingerprint density at radius 3 is 2.77 bits per heavy atom. The number of nitrogens with one attached hydrogen (secondary N) is 1. The topological polar surface area (TPSA) is 68.8 Å². The van der Waals surface area contributed by atoms with Gasteiger partial charge in [0.1, 0.15) is 0 Å². The minimum Gasteiger partial charge on any atom is -0.424 e. The molecule has 0 aliphatic heterocycles. The van der Waals surface area contributed by atoms with Crippen LogP contribution in [0.3, 0.4) is 0 Å². The molecule has 0 unspecified atom stereocenters. The van der Waals surface area contributed by atoms with E-state index in [2.05, 4.69) is 53.0 Å². The van der Waals surface area contributed by atoms with Crippen LogP contribution in [0.4, 0.5) is 0 Å². The van der Waals surface area contributed by atoms with Crippen molar-refractivity contribution in [1.82, 2.24) is 25.3 Å². The molecular formula is C16H25N5O. The Bertz CT molecular complexity index is 652. The van der Waals surface area contributed by atoms with Crippen molar-refractivity contribution >= 4 is 0 Å². The predicted octanol–water partition coefficient (Wildman–Crippen LogP) is 3.06. The predicted molar refractivity (Wildman–Crippen MR) is 83.5 cm³/mol. The Balaban J connectivity index is 1.82. The molecule has 0 spiro atoms. The Labute approximate surface area is 131 Å². The number of rotatable bonds is 3. The molecule has 0 fully saturated rings. The van der Waals surface area contributed by atoms with Crippen LogP contribution in [-0.4, -0.2) is 20.0 Å². The van der Waals surface area contributed by atoms with Gasteiger partial charge in [0.15, 0.2) is 0 Å². The van der Waals surface area contributed by atoms with E-state index < -0.39 is 0 Å². The molecule has 2 aromatic rings. The van der Waals surface area contributed by atoms with Gasteiger partial charge in [-0.1, -0.05) is 0 Å². The highest BCUT2D eigenvalue weighted by Crippen LogP contribution is 2.33. The van der Waals surface area contributed by atoms with Crippen molar-refractivity contribution in [1.29, 1.82) is 0 Å². The van der Waals surface area contributed by atoms with Gasteiger partial charge in [-0.3, -0.25) is 10.00 Å². The fourth-order valence-electron chi connectivity index (χ4n) is 3.17. The van der Waals surface area contributed by atoms with Gasteiger partial charge < -0.3 is 4.42 Å². The van der Waals surface area contributed by atoms with Crippen molar-refractivity contribution in [2.24, 2.45) is 0 Å². The summed E-state index contributed by atoms with van der Waals surface area (Å²) in [5, 5.41) is 16.3. The van der Waals surface area contributed by atoms with Crippen LogP contribution in [-0.2, 0) is 12.0 Å². The van der Waals surface area contributed by atoms with E-state index in [0.717, 1.165) is 12.8 Å². The van der Waals surface area contributed by atoms with Crippen LogP contribution in [0.2, 0.25) is 0 Å². The van der Waals surface area contributed by atoms with Gasteiger partial charge in [0.2, 0.25) is 11.8 Å². The molecule has 6 heteroatoms. The number of hydrogen-bond donors (Lipinski definition) is 1. The lowest BCUT2D eigenvalue weighted by Crippen LogP contribution is -2.30. The molecule has 3 rings (SSSR count). The fraction of sp³-hybridized carbons (Fsp3) is 0.688. The van der Waals surface area contributed by atoms with Gasteiger partial charge in [-0.15, -0.1) is 10.2 Å². The van der Waals surface area contributed by atoms with Crippen molar-refractivity contribution < 1.29 is 4.42 Å². The summed E-state index contributed by atoms with van der Waals surface area (Å²) in [6, 6.07) is 0.331. The Hall–Kier alpha value is -1.69. The van der Waals surface area contributed by atoms with Gasteiger partial charge >= 0.3 is 0 Å². The van der Waals surface area contributed by atoms with Crippen LogP contribution in [0, 0.1) is 6.92 Å². The van der Waals surface area contributed by atoms with E-state index >= 15 is 0 Å². The molecule has 0 amide bonds. The molecule has 1 N–H and O–H groups in total. The van der Waals surface area contributed by atoms with Crippen LogP contribution < -0.4 is 5.32 Å². The minimum absolute atomic E-state index is 0.0185. The van der Waals surface area contributed by atoms with E-state index in [1.807, 2.05) is 13.1 Å². The van der Waals surface area contributed by atoms with Crippen molar-refractivity contribution in [3.05, 3.63) is 29.2 Å². The second kappa shape index (κ2) is 5.50. The maximum atomic E-state index is 5.53. The summed E-state index contributed by atoms with van der Waals surface area (Å²) in [4.78, 5) is 0. The largest absolute Gasteiger partial charge is 0.424 e. The van der Waals surface area contributed by atoms with E-state index in [1.54, 1.807) is 0 Å². The van der Waals surface area contributed by atoms with Crippen LogP contribution in [0.25, 0.3) is 0 Å². The van der Waals surface area contributed by atoms with E-state index in [0.29, 0.717) is 17.8 Å². The van der Waals surface area contributed by atoms with Crippen molar-refractivity contribution in [3.63, 3.8) is 0 Å². The third-order valence-electron chi connectivity index (χ3n) is 4.18. The summed E-state index contributed by atoms with van der Waals surface area (Å²) in [5.41, 5.74) is 2.68. The lowest BCUT2D eigenvalue weighted by Gasteiger charge is -2.29. The monoisotopic (exact) mass is 303 g/mol. The third kappa shape index (κ3) is 2.79. The van der Waals surface area contributed by atoms with Crippen molar-refractivity contribution in [2.45, 2.75) is 71.5 Å². The molecule has 2 atom stereocenters. The lowest BCUT2D eigenvalue weighted by molar-refractivity contribution is 0.324. The molecule has 1 aliphatic carbocycles. The first-order chi connectivity index (χ1) is 10.4. The zero-order valence-corrected chi connectivity index (χ0v) is 14.1. The van der Waals surface area contributed by atoms with Crippen LogP contribution in [0.1, 0.15) is 75.7 Å². The summed E-state index contributed by atoms with van der Waals surface area (Å²) >= 11 is 0. The van der Waals surface area contributed by atoms with E-state index in [-0.39, 0.29) is 11.6 Å². The molecule has 6 nitrogen and oxygen atoms in total.